The van der Waals surface area contributed by atoms with Crippen LogP contribution in [0, 0.1) is 11.8 Å². The second kappa shape index (κ2) is 3.78. The molecule has 0 spiro atoms. The number of hydrogen-bond acceptors (Lipinski definition) is 0. The predicted molar refractivity (Wildman–Crippen MR) is 57.4 cm³/mol. The van der Waals surface area contributed by atoms with Crippen molar-refractivity contribution in [2.45, 2.75) is 19.8 Å². The third-order valence-electron chi connectivity index (χ3n) is 3.00. The molecule has 0 radical (unpaired) electrons. The lowest BCUT2D eigenvalue weighted by atomic mass is 9.78. The van der Waals surface area contributed by atoms with Crippen LogP contribution in [0.3, 0.4) is 0 Å². The molecule has 0 nitrogen and oxygen atoms in total. The fraction of sp³-hybridized carbons (Fsp3) is 0.385. The van der Waals surface area contributed by atoms with Crippen molar-refractivity contribution in [1.29, 1.82) is 0 Å². The van der Waals surface area contributed by atoms with Gasteiger partial charge in [0.1, 0.15) is 0 Å². The maximum absolute atomic E-state index is 2.35. The van der Waals surface area contributed by atoms with Crippen molar-refractivity contribution in [3.8, 4) is 0 Å². The van der Waals surface area contributed by atoms with Crippen LogP contribution in [0.5, 0.6) is 0 Å². The molecule has 2 unspecified atom stereocenters. The minimum absolute atomic E-state index is 0.728. The fourth-order valence-corrected chi connectivity index (χ4v) is 2.17. The summed E-state index contributed by atoms with van der Waals surface area (Å²) in [6.07, 6.45) is 18.1. The summed E-state index contributed by atoms with van der Waals surface area (Å²) in [5.74, 6) is 1.47. The van der Waals surface area contributed by atoms with Crippen LogP contribution in [0.2, 0.25) is 0 Å². The Labute approximate surface area is 80.3 Å². The quantitative estimate of drug-likeness (QED) is 0.566. The molecule has 68 valence electrons. The Bertz CT molecular complexity index is 289. The zero-order valence-electron chi connectivity index (χ0n) is 8.11. The summed E-state index contributed by atoms with van der Waals surface area (Å²) in [5.41, 5.74) is 1.53. The molecule has 0 bridgehead atoms. The van der Waals surface area contributed by atoms with Gasteiger partial charge in [0, 0.05) is 0 Å². The second-order valence-corrected chi connectivity index (χ2v) is 3.89. The Morgan fingerprint density at radius 1 is 1.08 bits per heavy atom. The van der Waals surface area contributed by atoms with Gasteiger partial charge in [-0.2, -0.15) is 0 Å². The van der Waals surface area contributed by atoms with E-state index in [9.17, 15) is 0 Å². The molecular formula is C13H16. The number of hydrogen-bond donors (Lipinski definition) is 0. The highest BCUT2D eigenvalue weighted by Crippen LogP contribution is 2.32. The second-order valence-electron chi connectivity index (χ2n) is 3.89. The molecule has 0 heteroatoms. The van der Waals surface area contributed by atoms with Gasteiger partial charge >= 0.3 is 0 Å². The van der Waals surface area contributed by atoms with E-state index in [4.69, 9.17) is 0 Å². The zero-order valence-corrected chi connectivity index (χ0v) is 8.11. The summed E-state index contributed by atoms with van der Waals surface area (Å²) in [5, 5.41) is 0. The van der Waals surface area contributed by atoms with E-state index >= 15 is 0 Å². The van der Waals surface area contributed by atoms with E-state index in [1.807, 2.05) is 0 Å². The van der Waals surface area contributed by atoms with Crippen molar-refractivity contribution in [1.82, 2.24) is 0 Å². The summed E-state index contributed by atoms with van der Waals surface area (Å²) in [6.45, 7) is 2.25. The average molecular weight is 172 g/mol. The summed E-state index contributed by atoms with van der Waals surface area (Å²) in [6, 6.07) is 0. The van der Waals surface area contributed by atoms with Crippen molar-refractivity contribution >= 4 is 0 Å². The highest BCUT2D eigenvalue weighted by Gasteiger charge is 2.20. The highest BCUT2D eigenvalue weighted by atomic mass is 14.2. The molecule has 2 atom stereocenters. The van der Waals surface area contributed by atoms with Crippen LogP contribution in [0.1, 0.15) is 19.8 Å². The molecule has 0 aromatic heterocycles. The standard InChI is InChI=1S/C13H16/c1-11-7-5-6-10-13(11)12-8-3-2-4-9-12/h2-8,12-13H,9-10H2,1H3. The monoisotopic (exact) mass is 172 g/mol. The summed E-state index contributed by atoms with van der Waals surface area (Å²) in [7, 11) is 0. The first-order chi connectivity index (χ1) is 6.38. The van der Waals surface area contributed by atoms with Crippen LogP contribution >= 0.6 is 0 Å². The van der Waals surface area contributed by atoms with E-state index in [1.165, 1.54) is 18.4 Å². The molecule has 2 aliphatic carbocycles. The lowest BCUT2D eigenvalue weighted by Crippen LogP contribution is -2.15. The SMILES string of the molecule is CC1=CC=CCC1C1C=CC=CC1. The minimum Gasteiger partial charge on any atom is -0.0839 e. The third kappa shape index (κ3) is 1.82. The van der Waals surface area contributed by atoms with E-state index < -0.39 is 0 Å². The van der Waals surface area contributed by atoms with Crippen LogP contribution in [0.15, 0.2) is 48.1 Å². The van der Waals surface area contributed by atoms with E-state index in [1.54, 1.807) is 0 Å². The van der Waals surface area contributed by atoms with Crippen LogP contribution in [0.25, 0.3) is 0 Å². The van der Waals surface area contributed by atoms with Gasteiger partial charge in [0.15, 0.2) is 0 Å². The molecule has 0 aliphatic heterocycles. The maximum Gasteiger partial charge on any atom is -0.0102 e. The zero-order chi connectivity index (χ0) is 9.10. The normalized spacial score (nSPS) is 31.9. The maximum atomic E-state index is 2.35. The fourth-order valence-electron chi connectivity index (χ4n) is 2.17. The molecule has 0 saturated heterocycles. The van der Waals surface area contributed by atoms with Gasteiger partial charge in [-0.25, -0.2) is 0 Å². The summed E-state index contributed by atoms with van der Waals surface area (Å²) in [4.78, 5) is 0. The van der Waals surface area contributed by atoms with E-state index in [0.29, 0.717) is 0 Å². The Kier molecular flexibility index (Phi) is 2.49. The van der Waals surface area contributed by atoms with Crippen molar-refractivity contribution in [3.63, 3.8) is 0 Å². The van der Waals surface area contributed by atoms with Gasteiger partial charge < -0.3 is 0 Å². The molecule has 0 aromatic rings. The van der Waals surface area contributed by atoms with E-state index in [2.05, 4.69) is 49.5 Å². The molecule has 0 fully saturated rings. The smallest absolute Gasteiger partial charge is 0.0102 e. The number of rotatable bonds is 1. The largest absolute Gasteiger partial charge is 0.0839 e. The Morgan fingerprint density at radius 2 is 1.92 bits per heavy atom. The lowest BCUT2D eigenvalue weighted by Gasteiger charge is -2.26. The summed E-state index contributed by atoms with van der Waals surface area (Å²) < 4.78 is 0. The van der Waals surface area contributed by atoms with Gasteiger partial charge in [0.05, 0.1) is 0 Å². The first kappa shape index (κ1) is 8.55. The van der Waals surface area contributed by atoms with E-state index in [0.717, 1.165) is 11.8 Å². The van der Waals surface area contributed by atoms with Crippen LogP contribution in [-0.4, -0.2) is 0 Å². The van der Waals surface area contributed by atoms with E-state index in [-0.39, 0.29) is 0 Å². The number of allylic oxidation sites excluding steroid dienone is 8. The Balaban J connectivity index is 2.09. The molecule has 0 saturated carbocycles. The van der Waals surface area contributed by atoms with Gasteiger partial charge in [-0.15, -0.1) is 0 Å². The van der Waals surface area contributed by atoms with Gasteiger partial charge in [-0.3, -0.25) is 0 Å². The van der Waals surface area contributed by atoms with Crippen molar-refractivity contribution in [3.05, 3.63) is 48.1 Å². The average Bonchev–Trinajstić information content (AvgIpc) is 2.20. The van der Waals surface area contributed by atoms with Crippen LogP contribution < -0.4 is 0 Å². The molecule has 13 heavy (non-hydrogen) atoms. The molecule has 0 N–H and O–H groups in total. The minimum atomic E-state index is 0.728. The van der Waals surface area contributed by atoms with Gasteiger partial charge in [-0.05, 0) is 31.6 Å². The molecule has 2 rings (SSSR count). The summed E-state index contributed by atoms with van der Waals surface area (Å²) >= 11 is 0. The predicted octanol–water partition coefficient (Wildman–Crippen LogP) is 3.64. The van der Waals surface area contributed by atoms with Crippen LogP contribution in [0.4, 0.5) is 0 Å². The van der Waals surface area contributed by atoms with Crippen LogP contribution in [-0.2, 0) is 0 Å². The first-order valence-electron chi connectivity index (χ1n) is 5.04. The van der Waals surface area contributed by atoms with Gasteiger partial charge in [0.25, 0.3) is 0 Å². The third-order valence-corrected chi connectivity index (χ3v) is 3.00. The molecule has 0 aromatic carbocycles. The molecular weight excluding hydrogens is 156 g/mol. The van der Waals surface area contributed by atoms with Gasteiger partial charge in [0.2, 0.25) is 0 Å². The first-order valence-corrected chi connectivity index (χ1v) is 5.04. The van der Waals surface area contributed by atoms with Crippen molar-refractivity contribution in [2.75, 3.05) is 0 Å². The van der Waals surface area contributed by atoms with Crippen molar-refractivity contribution in [2.24, 2.45) is 11.8 Å². The lowest BCUT2D eigenvalue weighted by molar-refractivity contribution is 0.454. The Hall–Kier alpha value is -1.04. The molecule has 0 amide bonds. The van der Waals surface area contributed by atoms with Gasteiger partial charge in [-0.1, -0.05) is 48.1 Å². The Morgan fingerprint density at radius 3 is 2.62 bits per heavy atom. The topological polar surface area (TPSA) is 0 Å². The van der Waals surface area contributed by atoms with Crippen molar-refractivity contribution < 1.29 is 0 Å². The molecule has 0 heterocycles. The molecule has 2 aliphatic rings. The highest BCUT2D eigenvalue weighted by molar-refractivity contribution is 5.23.